The number of rotatable bonds is 13. The third-order valence-corrected chi connectivity index (χ3v) is 8.26. The van der Waals surface area contributed by atoms with Gasteiger partial charge in [0, 0.05) is 25.2 Å². The third kappa shape index (κ3) is 7.69. The maximum Gasteiger partial charge on any atom is 0.276 e. The second kappa shape index (κ2) is 14.5. The van der Waals surface area contributed by atoms with Crippen LogP contribution in [0.25, 0.3) is 5.69 Å². The minimum atomic E-state index is -0.165. The highest BCUT2D eigenvalue weighted by Crippen LogP contribution is 2.27. The molecule has 0 fully saturated rings. The lowest BCUT2D eigenvalue weighted by atomic mass is 10.1. The van der Waals surface area contributed by atoms with Crippen molar-refractivity contribution in [3.8, 4) is 11.4 Å². The lowest BCUT2D eigenvalue weighted by Crippen LogP contribution is -2.32. The molecular formula is C36H33N5O3S. The van der Waals surface area contributed by atoms with Crippen LogP contribution < -0.4 is 4.74 Å². The minimum Gasteiger partial charge on any atom is -0.497 e. The average molecular weight is 616 g/mol. The number of carbonyl (C=O) groups is 1. The predicted molar refractivity (Wildman–Crippen MR) is 175 cm³/mol. The molecule has 0 aliphatic rings. The van der Waals surface area contributed by atoms with Crippen molar-refractivity contribution < 1.29 is 13.9 Å². The fourth-order valence-corrected chi connectivity index (χ4v) is 5.83. The molecule has 0 aliphatic carbocycles. The van der Waals surface area contributed by atoms with E-state index in [0.29, 0.717) is 36.3 Å². The summed E-state index contributed by atoms with van der Waals surface area (Å²) in [6.45, 7) is 1.04. The Morgan fingerprint density at radius 1 is 0.822 bits per heavy atom. The van der Waals surface area contributed by atoms with Crippen molar-refractivity contribution in [1.29, 1.82) is 0 Å². The third-order valence-electron chi connectivity index (χ3n) is 7.35. The first-order chi connectivity index (χ1) is 22.2. The number of hydrogen-bond acceptors (Lipinski definition) is 7. The Morgan fingerprint density at radius 3 is 2.13 bits per heavy atom. The standard InChI is InChI=1S/C36H33N5O3S/c1-43-31-19-17-30(18-20-31)41-33(23-28-13-7-3-8-14-28)38-39-36(41)45-26-34-37-32(25-44-34)35(42)40(24-29-15-9-4-10-16-29)22-21-27-11-5-2-6-12-27/h2-20,25H,21-24,26H2,1H3. The molecule has 1 amide bonds. The maximum atomic E-state index is 13.7. The highest BCUT2D eigenvalue weighted by Gasteiger charge is 2.22. The van der Waals surface area contributed by atoms with Crippen molar-refractivity contribution in [3.63, 3.8) is 0 Å². The predicted octanol–water partition coefficient (Wildman–Crippen LogP) is 7.03. The van der Waals surface area contributed by atoms with E-state index < -0.39 is 0 Å². The Hall–Kier alpha value is -5.15. The zero-order chi connectivity index (χ0) is 30.8. The van der Waals surface area contributed by atoms with Crippen LogP contribution >= 0.6 is 11.8 Å². The van der Waals surface area contributed by atoms with Crippen LogP contribution in [-0.4, -0.2) is 44.2 Å². The molecule has 0 spiro atoms. The van der Waals surface area contributed by atoms with Gasteiger partial charge < -0.3 is 14.1 Å². The molecule has 6 rings (SSSR count). The zero-order valence-corrected chi connectivity index (χ0v) is 25.8. The largest absolute Gasteiger partial charge is 0.497 e. The lowest BCUT2D eigenvalue weighted by molar-refractivity contribution is 0.0739. The zero-order valence-electron chi connectivity index (χ0n) is 25.0. The molecule has 2 heterocycles. The fourth-order valence-electron chi connectivity index (χ4n) is 5.01. The van der Waals surface area contributed by atoms with Crippen molar-refractivity contribution in [2.24, 2.45) is 0 Å². The van der Waals surface area contributed by atoms with Crippen molar-refractivity contribution >= 4 is 17.7 Å². The normalized spacial score (nSPS) is 11.0. The number of ether oxygens (including phenoxy) is 1. The molecule has 0 unspecified atom stereocenters. The van der Waals surface area contributed by atoms with Crippen LogP contribution in [0.2, 0.25) is 0 Å². The van der Waals surface area contributed by atoms with Crippen LogP contribution in [0.15, 0.2) is 131 Å². The highest BCUT2D eigenvalue weighted by atomic mass is 32.2. The Morgan fingerprint density at radius 2 is 1.47 bits per heavy atom. The average Bonchev–Trinajstić information content (AvgIpc) is 3.74. The molecule has 9 heteroatoms. The van der Waals surface area contributed by atoms with Crippen LogP contribution in [0, 0.1) is 0 Å². The Labute approximate surface area is 266 Å². The van der Waals surface area contributed by atoms with E-state index in [-0.39, 0.29) is 11.6 Å². The van der Waals surface area contributed by atoms with E-state index in [1.165, 1.54) is 23.6 Å². The molecule has 0 bridgehead atoms. The molecule has 226 valence electrons. The monoisotopic (exact) mass is 615 g/mol. The van der Waals surface area contributed by atoms with Crippen molar-refractivity contribution in [1.82, 2.24) is 24.6 Å². The van der Waals surface area contributed by atoms with Gasteiger partial charge >= 0.3 is 0 Å². The molecule has 4 aromatic carbocycles. The number of amides is 1. The lowest BCUT2D eigenvalue weighted by Gasteiger charge is -2.22. The minimum absolute atomic E-state index is 0.165. The second-order valence-electron chi connectivity index (χ2n) is 10.5. The first-order valence-corrected chi connectivity index (χ1v) is 15.7. The molecule has 6 aromatic rings. The van der Waals surface area contributed by atoms with Crippen molar-refractivity contribution in [2.75, 3.05) is 13.7 Å². The summed E-state index contributed by atoms with van der Waals surface area (Å²) in [5.74, 6) is 2.25. The maximum absolute atomic E-state index is 13.7. The number of methoxy groups -OCH3 is 1. The molecule has 0 radical (unpaired) electrons. The number of aromatic nitrogens is 4. The number of nitrogens with zero attached hydrogens (tertiary/aromatic N) is 5. The van der Waals surface area contributed by atoms with Gasteiger partial charge in [0.2, 0.25) is 5.89 Å². The molecule has 2 aromatic heterocycles. The van der Waals surface area contributed by atoms with Gasteiger partial charge in [-0.25, -0.2) is 4.98 Å². The van der Waals surface area contributed by atoms with E-state index in [1.807, 2.05) is 100 Å². The smallest absolute Gasteiger partial charge is 0.276 e. The van der Waals surface area contributed by atoms with Gasteiger partial charge in [-0.05, 0) is 47.4 Å². The van der Waals surface area contributed by atoms with Gasteiger partial charge in [0.25, 0.3) is 5.91 Å². The van der Waals surface area contributed by atoms with Crippen LogP contribution in [0.4, 0.5) is 0 Å². The van der Waals surface area contributed by atoms with Crippen LogP contribution in [-0.2, 0) is 25.1 Å². The van der Waals surface area contributed by atoms with Gasteiger partial charge in [-0.3, -0.25) is 9.36 Å². The van der Waals surface area contributed by atoms with E-state index >= 15 is 0 Å². The second-order valence-corrected chi connectivity index (χ2v) is 11.4. The molecule has 0 aliphatic heterocycles. The Kier molecular flexibility index (Phi) is 9.67. The van der Waals surface area contributed by atoms with Gasteiger partial charge in [-0.15, -0.1) is 10.2 Å². The van der Waals surface area contributed by atoms with Gasteiger partial charge in [-0.1, -0.05) is 103 Å². The summed E-state index contributed by atoms with van der Waals surface area (Å²) in [7, 11) is 1.65. The molecule has 0 N–H and O–H groups in total. The summed E-state index contributed by atoms with van der Waals surface area (Å²) in [5.41, 5.74) is 4.58. The number of benzene rings is 4. The summed E-state index contributed by atoms with van der Waals surface area (Å²) in [5, 5.41) is 9.75. The summed E-state index contributed by atoms with van der Waals surface area (Å²) in [6.07, 6.45) is 2.82. The number of oxazole rings is 1. The van der Waals surface area contributed by atoms with E-state index in [4.69, 9.17) is 9.15 Å². The van der Waals surface area contributed by atoms with Gasteiger partial charge in [0.05, 0.1) is 12.9 Å². The fraction of sp³-hybridized carbons (Fsp3) is 0.167. The van der Waals surface area contributed by atoms with E-state index in [0.717, 1.165) is 34.8 Å². The number of hydrogen-bond donors (Lipinski definition) is 0. The highest BCUT2D eigenvalue weighted by molar-refractivity contribution is 7.98. The Bertz CT molecular complexity index is 1810. The quantitative estimate of drug-likeness (QED) is 0.129. The van der Waals surface area contributed by atoms with E-state index in [9.17, 15) is 4.79 Å². The number of thioether (sulfide) groups is 1. The van der Waals surface area contributed by atoms with Crippen molar-refractivity contribution in [2.45, 2.75) is 30.3 Å². The molecular weight excluding hydrogens is 582 g/mol. The molecule has 0 saturated heterocycles. The molecule has 0 saturated carbocycles. The number of carbonyl (C=O) groups excluding carboxylic acids is 1. The SMILES string of the molecule is COc1ccc(-n2c(Cc3ccccc3)nnc2SCc2nc(C(=O)N(CCc3ccccc3)Cc3ccccc3)co2)cc1. The van der Waals surface area contributed by atoms with Gasteiger partial charge in [-0.2, -0.15) is 0 Å². The van der Waals surface area contributed by atoms with Crippen LogP contribution in [0.3, 0.4) is 0 Å². The van der Waals surface area contributed by atoms with E-state index in [1.54, 1.807) is 7.11 Å². The van der Waals surface area contributed by atoms with Crippen LogP contribution in [0.5, 0.6) is 5.75 Å². The molecule has 45 heavy (non-hydrogen) atoms. The Balaban J connectivity index is 1.19. The summed E-state index contributed by atoms with van der Waals surface area (Å²) in [6, 6.07) is 38.2. The first kappa shape index (κ1) is 29.9. The topological polar surface area (TPSA) is 86.3 Å². The summed E-state index contributed by atoms with van der Waals surface area (Å²) in [4.78, 5) is 20.1. The molecule has 0 atom stereocenters. The van der Waals surface area contributed by atoms with Gasteiger partial charge in [0.15, 0.2) is 10.9 Å². The van der Waals surface area contributed by atoms with Crippen LogP contribution in [0.1, 0.15) is 38.9 Å². The summed E-state index contributed by atoms with van der Waals surface area (Å²) >= 11 is 1.46. The van der Waals surface area contributed by atoms with Crippen molar-refractivity contribution in [3.05, 3.63) is 156 Å². The molecule has 8 nitrogen and oxygen atoms in total. The van der Waals surface area contributed by atoms with E-state index in [2.05, 4.69) is 39.4 Å². The van der Waals surface area contributed by atoms with Gasteiger partial charge in [0.1, 0.15) is 17.8 Å². The first-order valence-electron chi connectivity index (χ1n) is 14.7. The summed E-state index contributed by atoms with van der Waals surface area (Å²) < 4.78 is 13.2.